The molecule has 0 bridgehead atoms. The predicted octanol–water partition coefficient (Wildman–Crippen LogP) is 3.80. The summed E-state index contributed by atoms with van der Waals surface area (Å²) in [5, 5.41) is 8.53. The van der Waals surface area contributed by atoms with Crippen molar-refractivity contribution in [2.24, 2.45) is 5.92 Å². The van der Waals surface area contributed by atoms with Crippen molar-refractivity contribution in [3.63, 3.8) is 0 Å². The average molecular weight is 282 g/mol. The van der Waals surface area contributed by atoms with Crippen LogP contribution in [-0.2, 0) is 0 Å². The zero-order valence-electron chi connectivity index (χ0n) is 12.5. The lowest BCUT2D eigenvalue weighted by Gasteiger charge is -2.30. The van der Waals surface area contributed by atoms with Gasteiger partial charge in [-0.3, -0.25) is 4.98 Å². The Bertz CT molecular complexity index is 626. The van der Waals surface area contributed by atoms with Crippen LogP contribution >= 0.6 is 0 Å². The Kier molecular flexibility index (Phi) is 3.17. The number of aromatic nitrogens is 3. The zero-order chi connectivity index (χ0) is 14.2. The van der Waals surface area contributed by atoms with Gasteiger partial charge in [-0.1, -0.05) is 12.8 Å². The Hall–Kier alpha value is -1.84. The summed E-state index contributed by atoms with van der Waals surface area (Å²) in [6.45, 7) is 3.25. The molecule has 4 nitrogen and oxygen atoms in total. The number of hydrogen-bond acceptors (Lipinski definition) is 3. The molecule has 3 heterocycles. The molecule has 2 aromatic rings. The van der Waals surface area contributed by atoms with Crippen LogP contribution in [0.3, 0.4) is 0 Å². The van der Waals surface area contributed by atoms with Gasteiger partial charge in [-0.05, 0) is 44.2 Å². The first-order valence-electron chi connectivity index (χ1n) is 8.08. The van der Waals surface area contributed by atoms with Crippen LogP contribution in [0.1, 0.15) is 43.7 Å². The van der Waals surface area contributed by atoms with E-state index in [0.717, 1.165) is 23.7 Å². The van der Waals surface area contributed by atoms with E-state index in [1.54, 1.807) is 0 Å². The highest BCUT2D eigenvalue weighted by atomic mass is 15.4. The number of pyridine rings is 1. The summed E-state index contributed by atoms with van der Waals surface area (Å²) >= 11 is 0. The second-order valence-corrected chi connectivity index (χ2v) is 6.33. The number of rotatable bonds is 2. The number of anilines is 1. The van der Waals surface area contributed by atoms with Crippen LogP contribution < -0.4 is 5.32 Å². The van der Waals surface area contributed by atoms with Gasteiger partial charge in [0.2, 0.25) is 0 Å². The van der Waals surface area contributed by atoms with Gasteiger partial charge in [0, 0.05) is 30.1 Å². The fourth-order valence-electron chi connectivity index (χ4n) is 3.99. The fraction of sp³-hybridized carbons (Fsp3) is 0.529. The van der Waals surface area contributed by atoms with Crippen molar-refractivity contribution < 1.29 is 0 Å². The second kappa shape index (κ2) is 5.17. The summed E-state index contributed by atoms with van der Waals surface area (Å²) in [4.78, 5) is 4.11. The predicted molar refractivity (Wildman–Crippen MR) is 84.3 cm³/mol. The quantitative estimate of drug-likeness (QED) is 0.911. The molecule has 110 valence electrons. The van der Waals surface area contributed by atoms with Crippen molar-refractivity contribution in [1.29, 1.82) is 0 Å². The molecule has 0 saturated heterocycles. The maximum atomic E-state index is 4.97. The molecule has 0 spiro atoms. The molecule has 0 aromatic carbocycles. The van der Waals surface area contributed by atoms with Gasteiger partial charge in [0.05, 0.1) is 11.7 Å². The lowest BCUT2D eigenvalue weighted by atomic mass is 9.94. The molecule has 1 aliphatic heterocycles. The number of hydrogen-bond donors (Lipinski definition) is 1. The normalized spacial score (nSPS) is 22.0. The third kappa shape index (κ3) is 2.13. The molecule has 0 amide bonds. The molecule has 4 heteroatoms. The Labute approximate surface area is 125 Å². The van der Waals surface area contributed by atoms with Gasteiger partial charge in [-0.2, -0.15) is 5.10 Å². The van der Waals surface area contributed by atoms with Gasteiger partial charge in [0.1, 0.15) is 5.82 Å². The van der Waals surface area contributed by atoms with E-state index < -0.39 is 0 Å². The molecular weight excluding hydrogens is 260 g/mol. The number of nitrogens with zero attached hydrogens (tertiary/aromatic N) is 3. The van der Waals surface area contributed by atoms with Crippen LogP contribution in [0.4, 0.5) is 5.82 Å². The van der Waals surface area contributed by atoms with E-state index in [0.29, 0.717) is 6.04 Å². The smallest absolute Gasteiger partial charge is 0.128 e. The van der Waals surface area contributed by atoms with Crippen LogP contribution in [0.5, 0.6) is 0 Å². The molecule has 21 heavy (non-hydrogen) atoms. The molecule has 2 aromatic heterocycles. The molecule has 1 unspecified atom stereocenters. The van der Waals surface area contributed by atoms with E-state index in [9.17, 15) is 0 Å². The van der Waals surface area contributed by atoms with E-state index in [4.69, 9.17) is 5.10 Å². The summed E-state index contributed by atoms with van der Waals surface area (Å²) in [5.41, 5.74) is 3.53. The first kappa shape index (κ1) is 12.9. The van der Waals surface area contributed by atoms with Crippen molar-refractivity contribution in [2.45, 2.75) is 45.1 Å². The molecular formula is C17H22N4. The standard InChI is InChI=1S/C17H22N4/c1-12-16(14-6-9-18-10-7-14)20-21-15(8-11-19-17(12)21)13-4-2-3-5-13/h6-7,9-10,13,15,19H,2-5,8,11H2,1H3. The third-order valence-electron chi connectivity index (χ3n) is 5.09. The monoisotopic (exact) mass is 282 g/mol. The summed E-state index contributed by atoms with van der Waals surface area (Å²) in [6.07, 6.45) is 10.4. The Balaban J connectivity index is 1.76. The summed E-state index contributed by atoms with van der Waals surface area (Å²) in [7, 11) is 0. The maximum Gasteiger partial charge on any atom is 0.128 e. The van der Waals surface area contributed by atoms with Gasteiger partial charge in [-0.25, -0.2) is 4.68 Å². The first-order chi connectivity index (χ1) is 10.3. The molecule has 0 radical (unpaired) electrons. The summed E-state index contributed by atoms with van der Waals surface area (Å²) < 4.78 is 2.28. The van der Waals surface area contributed by atoms with Gasteiger partial charge in [0.25, 0.3) is 0 Å². The fourth-order valence-corrected chi connectivity index (χ4v) is 3.99. The van der Waals surface area contributed by atoms with Crippen LogP contribution in [0.15, 0.2) is 24.5 Å². The van der Waals surface area contributed by atoms with Crippen molar-refractivity contribution in [2.75, 3.05) is 11.9 Å². The lowest BCUT2D eigenvalue weighted by molar-refractivity contribution is 0.290. The second-order valence-electron chi connectivity index (χ2n) is 6.33. The van der Waals surface area contributed by atoms with E-state index in [1.165, 1.54) is 43.5 Å². The SMILES string of the molecule is Cc1c(-c2ccncc2)nn2c1NCCC2C1CCCC1. The molecule has 1 saturated carbocycles. The van der Waals surface area contributed by atoms with E-state index in [1.807, 2.05) is 24.5 Å². The molecule has 1 fully saturated rings. The third-order valence-corrected chi connectivity index (χ3v) is 5.09. The first-order valence-corrected chi connectivity index (χ1v) is 8.08. The van der Waals surface area contributed by atoms with Crippen molar-refractivity contribution in [1.82, 2.24) is 14.8 Å². The Morgan fingerprint density at radius 1 is 1.14 bits per heavy atom. The lowest BCUT2D eigenvalue weighted by Crippen LogP contribution is -2.28. The summed E-state index contributed by atoms with van der Waals surface area (Å²) in [6, 6.07) is 4.68. The highest BCUT2D eigenvalue weighted by molar-refractivity contribution is 5.69. The minimum Gasteiger partial charge on any atom is -0.370 e. The highest BCUT2D eigenvalue weighted by Crippen LogP contribution is 2.41. The minimum atomic E-state index is 0.582. The number of fused-ring (bicyclic) bond motifs is 1. The highest BCUT2D eigenvalue weighted by Gasteiger charge is 2.32. The van der Waals surface area contributed by atoms with Crippen LogP contribution in [-0.4, -0.2) is 21.3 Å². The number of nitrogens with one attached hydrogen (secondary N) is 1. The summed E-state index contributed by atoms with van der Waals surface area (Å²) in [5.74, 6) is 2.04. The van der Waals surface area contributed by atoms with Crippen LogP contribution in [0, 0.1) is 12.8 Å². The van der Waals surface area contributed by atoms with Crippen LogP contribution in [0.2, 0.25) is 0 Å². The minimum absolute atomic E-state index is 0.582. The van der Waals surface area contributed by atoms with Crippen molar-refractivity contribution in [3.05, 3.63) is 30.1 Å². The zero-order valence-corrected chi connectivity index (χ0v) is 12.5. The van der Waals surface area contributed by atoms with Gasteiger partial charge >= 0.3 is 0 Å². The maximum absolute atomic E-state index is 4.97. The van der Waals surface area contributed by atoms with Gasteiger partial charge in [-0.15, -0.1) is 0 Å². The Morgan fingerprint density at radius 3 is 2.67 bits per heavy atom. The van der Waals surface area contributed by atoms with E-state index >= 15 is 0 Å². The largest absolute Gasteiger partial charge is 0.370 e. The van der Waals surface area contributed by atoms with Gasteiger partial charge in [0.15, 0.2) is 0 Å². The topological polar surface area (TPSA) is 42.7 Å². The van der Waals surface area contributed by atoms with E-state index in [2.05, 4.69) is 21.9 Å². The molecule has 1 atom stereocenters. The molecule has 2 aliphatic rings. The molecule has 4 rings (SSSR count). The average Bonchev–Trinajstić information content (AvgIpc) is 3.17. The Morgan fingerprint density at radius 2 is 1.90 bits per heavy atom. The van der Waals surface area contributed by atoms with Crippen molar-refractivity contribution in [3.8, 4) is 11.3 Å². The van der Waals surface area contributed by atoms with Gasteiger partial charge < -0.3 is 5.32 Å². The van der Waals surface area contributed by atoms with Crippen molar-refractivity contribution >= 4 is 5.82 Å². The van der Waals surface area contributed by atoms with E-state index in [-0.39, 0.29) is 0 Å². The molecule has 1 aliphatic carbocycles. The van der Waals surface area contributed by atoms with Crippen LogP contribution in [0.25, 0.3) is 11.3 Å². The molecule has 1 N–H and O–H groups in total.